The minimum Gasteiger partial charge on any atom is -0.385 e. The minimum atomic E-state index is -0.510. The number of carbonyl (C=O) groups excluding carboxylic acids is 1. The van der Waals surface area contributed by atoms with Crippen LogP contribution in [0.2, 0.25) is 5.02 Å². The standard InChI is InChI=1S/C13H19ClN2O2/c1-18-8-6-12(15)13(17)16-7-5-10-3-2-4-11(14)9-10/h2-4,9,12H,5-8,15H2,1H3,(H,16,17). The smallest absolute Gasteiger partial charge is 0.237 e. The van der Waals surface area contributed by atoms with Crippen molar-refractivity contribution in [3.8, 4) is 0 Å². The quantitative estimate of drug-likeness (QED) is 0.786. The monoisotopic (exact) mass is 270 g/mol. The zero-order chi connectivity index (χ0) is 13.4. The van der Waals surface area contributed by atoms with Gasteiger partial charge in [0.2, 0.25) is 5.91 Å². The van der Waals surface area contributed by atoms with Crippen molar-refractivity contribution in [2.75, 3.05) is 20.3 Å². The summed E-state index contributed by atoms with van der Waals surface area (Å²) in [5.41, 5.74) is 6.78. The lowest BCUT2D eigenvalue weighted by molar-refractivity contribution is -0.122. The lowest BCUT2D eigenvalue weighted by Gasteiger charge is -2.11. The first-order valence-corrected chi connectivity index (χ1v) is 6.28. The number of benzene rings is 1. The summed E-state index contributed by atoms with van der Waals surface area (Å²) in [5, 5.41) is 3.50. The van der Waals surface area contributed by atoms with Crippen molar-refractivity contribution < 1.29 is 9.53 Å². The number of nitrogens with two attached hydrogens (primary N) is 1. The van der Waals surface area contributed by atoms with E-state index in [1.165, 1.54) is 0 Å². The molecule has 0 aliphatic heterocycles. The molecule has 4 nitrogen and oxygen atoms in total. The molecule has 1 rings (SSSR count). The number of amides is 1. The van der Waals surface area contributed by atoms with E-state index in [1.807, 2.05) is 24.3 Å². The number of rotatable bonds is 7. The molecule has 1 aromatic rings. The molecule has 0 heterocycles. The lowest BCUT2D eigenvalue weighted by atomic mass is 10.1. The molecular weight excluding hydrogens is 252 g/mol. The molecule has 0 aliphatic rings. The average Bonchev–Trinajstić information content (AvgIpc) is 2.35. The second-order valence-electron chi connectivity index (χ2n) is 4.06. The third-order valence-corrected chi connectivity index (χ3v) is 2.81. The van der Waals surface area contributed by atoms with Crippen LogP contribution in [0.4, 0.5) is 0 Å². The van der Waals surface area contributed by atoms with Gasteiger partial charge in [-0.2, -0.15) is 0 Å². The van der Waals surface area contributed by atoms with Crippen molar-refractivity contribution in [1.82, 2.24) is 5.32 Å². The van der Waals surface area contributed by atoms with E-state index in [2.05, 4.69) is 5.32 Å². The Kier molecular flexibility index (Phi) is 6.72. The van der Waals surface area contributed by atoms with Gasteiger partial charge in [0.15, 0.2) is 0 Å². The highest BCUT2D eigenvalue weighted by Crippen LogP contribution is 2.10. The van der Waals surface area contributed by atoms with Gasteiger partial charge in [-0.15, -0.1) is 0 Å². The maximum atomic E-state index is 11.6. The van der Waals surface area contributed by atoms with E-state index in [0.29, 0.717) is 24.6 Å². The number of ether oxygens (including phenoxy) is 1. The molecule has 1 atom stereocenters. The molecule has 0 aromatic heterocycles. The summed E-state index contributed by atoms with van der Waals surface area (Å²) in [6.45, 7) is 1.04. The Morgan fingerprint density at radius 3 is 3.00 bits per heavy atom. The van der Waals surface area contributed by atoms with Gasteiger partial charge in [0.05, 0.1) is 6.04 Å². The molecule has 0 bridgehead atoms. The van der Waals surface area contributed by atoms with Gasteiger partial charge >= 0.3 is 0 Å². The van der Waals surface area contributed by atoms with Gasteiger partial charge in [-0.1, -0.05) is 23.7 Å². The van der Waals surface area contributed by atoms with Crippen LogP contribution in [-0.2, 0) is 16.0 Å². The maximum Gasteiger partial charge on any atom is 0.237 e. The summed E-state index contributed by atoms with van der Waals surface area (Å²) < 4.78 is 4.87. The third kappa shape index (κ3) is 5.49. The van der Waals surface area contributed by atoms with E-state index in [4.69, 9.17) is 22.1 Å². The van der Waals surface area contributed by atoms with Crippen LogP contribution < -0.4 is 11.1 Å². The summed E-state index contributed by atoms with van der Waals surface area (Å²) in [6.07, 6.45) is 1.27. The average molecular weight is 271 g/mol. The molecule has 0 spiro atoms. The number of hydrogen-bond donors (Lipinski definition) is 2. The predicted octanol–water partition coefficient (Wildman–Crippen LogP) is 1.36. The molecule has 5 heteroatoms. The third-order valence-electron chi connectivity index (χ3n) is 2.57. The Hall–Kier alpha value is -1.10. The van der Waals surface area contributed by atoms with Gasteiger partial charge in [-0.25, -0.2) is 0 Å². The van der Waals surface area contributed by atoms with Gasteiger partial charge in [-0.05, 0) is 30.5 Å². The zero-order valence-corrected chi connectivity index (χ0v) is 11.2. The molecule has 1 unspecified atom stereocenters. The number of hydrogen-bond acceptors (Lipinski definition) is 3. The Bertz CT molecular complexity index is 385. The van der Waals surface area contributed by atoms with Crippen molar-refractivity contribution in [3.05, 3.63) is 34.9 Å². The zero-order valence-electron chi connectivity index (χ0n) is 10.5. The van der Waals surface area contributed by atoms with Crippen LogP contribution in [0.25, 0.3) is 0 Å². The van der Waals surface area contributed by atoms with Gasteiger partial charge < -0.3 is 15.8 Å². The molecule has 18 heavy (non-hydrogen) atoms. The van der Waals surface area contributed by atoms with E-state index in [0.717, 1.165) is 12.0 Å². The first-order valence-electron chi connectivity index (χ1n) is 5.90. The highest BCUT2D eigenvalue weighted by Gasteiger charge is 2.11. The predicted molar refractivity (Wildman–Crippen MR) is 72.6 cm³/mol. The molecular formula is C13H19ClN2O2. The number of nitrogens with one attached hydrogen (secondary N) is 1. The van der Waals surface area contributed by atoms with Gasteiger partial charge in [0, 0.05) is 25.3 Å². The van der Waals surface area contributed by atoms with Crippen LogP contribution in [0.15, 0.2) is 24.3 Å². The topological polar surface area (TPSA) is 64.3 Å². The van der Waals surface area contributed by atoms with E-state index < -0.39 is 6.04 Å². The van der Waals surface area contributed by atoms with Crippen molar-refractivity contribution in [2.45, 2.75) is 18.9 Å². The lowest BCUT2D eigenvalue weighted by Crippen LogP contribution is -2.41. The van der Waals surface area contributed by atoms with Gasteiger partial charge in [0.1, 0.15) is 0 Å². The number of halogens is 1. The molecule has 1 aromatic carbocycles. The molecule has 1 amide bonds. The first kappa shape index (κ1) is 15.0. The minimum absolute atomic E-state index is 0.144. The van der Waals surface area contributed by atoms with Crippen molar-refractivity contribution in [2.24, 2.45) is 5.73 Å². The summed E-state index contributed by atoms with van der Waals surface area (Å²) >= 11 is 5.87. The molecule has 0 radical (unpaired) electrons. The second kappa shape index (κ2) is 8.08. The van der Waals surface area contributed by atoms with Crippen LogP contribution in [0.5, 0.6) is 0 Å². The van der Waals surface area contributed by atoms with Crippen LogP contribution >= 0.6 is 11.6 Å². The Morgan fingerprint density at radius 2 is 2.33 bits per heavy atom. The Balaban J connectivity index is 2.27. The summed E-state index contributed by atoms with van der Waals surface area (Å²) in [4.78, 5) is 11.6. The van der Waals surface area contributed by atoms with E-state index >= 15 is 0 Å². The summed E-state index contributed by atoms with van der Waals surface area (Å²) in [7, 11) is 1.59. The van der Waals surface area contributed by atoms with Crippen LogP contribution in [0, 0.1) is 0 Å². The van der Waals surface area contributed by atoms with E-state index in [-0.39, 0.29) is 5.91 Å². The molecule has 100 valence electrons. The van der Waals surface area contributed by atoms with Crippen molar-refractivity contribution in [1.29, 1.82) is 0 Å². The second-order valence-corrected chi connectivity index (χ2v) is 4.50. The maximum absolute atomic E-state index is 11.6. The highest BCUT2D eigenvalue weighted by molar-refractivity contribution is 6.30. The normalized spacial score (nSPS) is 12.2. The van der Waals surface area contributed by atoms with E-state index in [9.17, 15) is 4.79 Å². The first-order chi connectivity index (χ1) is 8.63. The molecule has 0 saturated carbocycles. The fourth-order valence-corrected chi connectivity index (χ4v) is 1.74. The van der Waals surface area contributed by atoms with Crippen LogP contribution in [0.1, 0.15) is 12.0 Å². The Morgan fingerprint density at radius 1 is 1.56 bits per heavy atom. The van der Waals surface area contributed by atoms with Crippen molar-refractivity contribution >= 4 is 17.5 Å². The van der Waals surface area contributed by atoms with Gasteiger partial charge in [0.25, 0.3) is 0 Å². The van der Waals surface area contributed by atoms with Gasteiger partial charge in [-0.3, -0.25) is 4.79 Å². The number of carbonyl (C=O) groups is 1. The summed E-state index contributed by atoms with van der Waals surface area (Å²) in [5.74, 6) is -0.144. The highest BCUT2D eigenvalue weighted by atomic mass is 35.5. The fraction of sp³-hybridized carbons (Fsp3) is 0.462. The van der Waals surface area contributed by atoms with Crippen LogP contribution in [0.3, 0.4) is 0 Å². The molecule has 0 saturated heterocycles. The molecule has 0 aliphatic carbocycles. The van der Waals surface area contributed by atoms with Crippen molar-refractivity contribution in [3.63, 3.8) is 0 Å². The largest absolute Gasteiger partial charge is 0.385 e. The van der Waals surface area contributed by atoms with E-state index in [1.54, 1.807) is 7.11 Å². The SMILES string of the molecule is COCCC(N)C(=O)NCCc1cccc(Cl)c1. The molecule has 0 fully saturated rings. The Labute approximate surface area is 112 Å². The van der Waals surface area contributed by atoms with Crippen LogP contribution in [-0.4, -0.2) is 32.2 Å². The fourth-order valence-electron chi connectivity index (χ4n) is 1.53. The summed E-state index contributed by atoms with van der Waals surface area (Å²) in [6, 6.07) is 7.07. The molecule has 3 N–H and O–H groups in total. The number of methoxy groups -OCH3 is 1.